The predicted molar refractivity (Wildman–Crippen MR) is 106 cm³/mol. The van der Waals surface area contributed by atoms with E-state index in [-0.39, 0.29) is 35.5 Å². The molecule has 0 radical (unpaired) electrons. The van der Waals surface area contributed by atoms with Gasteiger partial charge in [0.05, 0.1) is 13.5 Å². The van der Waals surface area contributed by atoms with Gasteiger partial charge in [-0.25, -0.2) is 0 Å². The lowest BCUT2D eigenvalue weighted by molar-refractivity contribution is -0.132. The molecule has 1 aromatic carbocycles. The highest BCUT2D eigenvalue weighted by atomic mass is 16.5. The number of carbonyl (C=O) groups excluding carboxylic acids is 3. The molecule has 1 aliphatic heterocycles. The Morgan fingerprint density at radius 2 is 1.96 bits per heavy atom. The van der Waals surface area contributed by atoms with Crippen LogP contribution in [0.1, 0.15) is 44.6 Å². The largest absolute Gasteiger partial charge is 0.497 e. The van der Waals surface area contributed by atoms with Gasteiger partial charge in [-0.2, -0.15) is 0 Å². The Kier molecular flexibility index (Phi) is 6.70. The summed E-state index contributed by atoms with van der Waals surface area (Å²) in [7, 11) is 1.62. The number of nitrogens with one attached hydrogen (secondary N) is 1. The van der Waals surface area contributed by atoms with E-state index in [0.29, 0.717) is 38.8 Å². The van der Waals surface area contributed by atoms with E-state index < -0.39 is 0 Å². The maximum Gasteiger partial charge on any atom is 0.226 e. The Morgan fingerprint density at radius 3 is 2.64 bits per heavy atom. The average molecular weight is 386 g/mol. The second-order valence-electron chi connectivity index (χ2n) is 8.03. The van der Waals surface area contributed by atoms with Crippen LogP contribution in [-0.2, 0) is 20.8 Å². The van der Waals surface area contributed by atoms with Crippen molar-refractivity contribution in [3.05, 3.63) is 29.8 Å². The molecule has 3 rings (SSSR count). The van der Waals surface area contributed by atoms with Crippen molar-refractivity contribution in [2.75, 3.05) is 20.2 Å². The van der Waals surface area contributed by atoms with Crippen molar-refractivity contribution in [3.63, 3.8) is 0 Å². The maximum atomic E-state index is 12.6. The van der Waals surface area contributed by atoms with E-state index in [1.54, 1.807) is 7.11 Å². The number of rotatable bonds is 5. The number of ether oxygens (including phenoxy) is 1. The first-order chi connectivity index (χ1) is 13.5. The first-order valence-corrected chi connectivity index (χ1v) is 10.2. The van der Waals surface area contributed by atoms with Gasteiger partial charge in [-0.1, -0.05) is 19.1 Å². The summed E-state index contributed by atoms with van der Waals surface area (Å²) in [6.45, 7) is 3.23. The normalized spacial score (nSPS) is 23.4. The molecule has 1 heterocycles. The Morgan fingerprint density at radius 1 is 1.21 bits per heavy atom. The SMILES string of the molecule is COc1cccc(CC(=O)N2CCC(NC(=O)[C@@H]3CCC(=O)[C@@H](C)C3)CC2)c1. The molecule has 2 amide bonds. The molecule has 0 spiro atoms. The van der Waals surface area contributed by atoms with E-state index in [0.717, 1.165) is 24.2 Å². The minimum Gasteiger partial charge on any atom is -0.497 e. The lowest BCUT2D eigenvalue weighted by Gasteiger charge is -2.34. The van der Waals surface area contributed by atoms with E-state index in [1.807, 2.05) is 36.1 Å². The molecule has 2 atom stereocenters. The van der Waals surface area contributed by atoms with Crippen LogP contribution in [0.2, 0.25) is 0 Å². The molecule has 0 aromatic heterocycles. The third-order valence-electron chi connectivity index (χ3n) is 5.98. The average Bonchev–Trinajstić information content (AvgIpc) is 2.70. The summed E-state index contributed by atoms with van der Waals surface area (Å²) >= 11 is 0. The quantitative estimate of drug-likeness (QED) is 0.843. The van der Waals surface area contributed by atoms with Crippen molar-refractivity contribution in [1.29, 1.82) is 0 Å². The Bertz CT molecular complexity index is 725. The van der Waals surface area contributed by atoms with Gasteiger partial charge in [-0.3, -0.25) is 14.4 Å². The molecular formula is C22H30N2O4. The first kappa shape index (κ1) is 20.4. The van der Waals surface area contributed by atoms with E-state index in [2.05, 4.69) is 5.32 Å². The highest BCUT2D eigenvalue weighted by molar-refractivity contribution is 5.86. The Balaban J connectivity index is 1.44. The van der Waals surface area contributed by atoms with Crippen LogP contribution in [0, 0.1) is 11.8 Å². The van der Waals surface area contributed by atoms with Crippen LogP contribution >= 0.6 is 0 Å². The van der Waals surface area contributed by atoms with Crippen LogP contribution in [-0.4, -0.2) is 48.7 Å². The molecule has 1 saturated heterocycles. The summed E-state index contributed by atoms with van der Waals surface area (Å²) in [5.74, 6) is 1.14. The fourth-order valence-electron chi connectivity index (χ4n) is 4.14. The van der Waals surface area contributed by atoms with E-state index in [9.17, 15) is 14.4 Å². The second-order valence-corrected chi connectivity index (χ2v) is 8.03. The summed E-state index contributed by atoms with van der Waals surface area (Å²) in [6.07, 6.45) is 3.74. The van der Waals surface area contributed by atoms with Crippen molar-refractivity contribution < 1.29 is 19.1 Å². The number of likely N-dealkylation sites (tertiary alicyclic amines) is 1. The van der Waals surface area contributed by atoms with Crippen LogP contribution in [0.5, 0.6) is 5.75 Å². The molecule has 0 unspecified atom stereocenters. The molecule has 6 heteroatoms. The van der Waals surface area contributed by atoms with Crippen molar-refractivity contribution in [2.45, 2.75) is 51.5 Å². The standard InChI is InChI=1S/C22H30N2O4/c1-15-12-17(6-7-20(15)25)22(27)23-18-8-10-24(11-9-18)21(26)14-16-4-3-5-19(13-16)28-2/h3-5,13,15,17-18H,6-12,14H2,1-2H3,(H,23,27)/t15-,17+/m0/s1. The third kappa shape index (κ3) is 5.12. The zero-order valence-electron chi connectivity index (χ0n) is 16.8. The number of Topliss-reactive ketones (excluding diaryl/α,β-unsaturated/α-hetero) is 1. The maximum absolute atomic E-state index is 12.6. The number of carbonyl (C=O) groups is 3. The Labute approximate surface area is 166 Å². The molecule has 1 saturated carbocycles. The number of benzene rings is 1. The van der Waals surface area contributed by atoms with Gasteiger partial charge in [0.2, 0.25) is 11.8 Å². The molecule has 6 nitrogen and oxygen atoms in total. The molecule has 1 N–H and O–H groups in total. The van der Waals surface area contributed by atoms with Crippen LogP contribution < -0.4 is 10.1 Å². The van der Waals surface area contributed by atoms with E-state index in [4.69, 9.17) is 4.74 Å². The number of hydrogen-bond acceptors (Lipinski definition) is 4. The van der Waals surface area contributed by atoms with Crippen LogP contribution in [0.15, 0.2) is 24.3 Å². The highest BCUT2D eigenvalue weighted by Crippen LogP contribution is 2.26. The minimum atomic E-state index is -0.0552. The van der Waals surface area contributed by atoms with Crippen molar-refractivity contribution in [2.24, 2.45) is 11.8 Å². The van der Waals surface area contributed by atoms with Gasteiger partial charge in [-0.15, -0.1) is 0 Å². The number of methoxy groups -OCH3 is 1. The van der Waals surface area contributed by atoms with Gasteiger partial charge >= 0.3 is 0 Å². The van der Waals surface area contributed by atoms with Gasteiger partial charge in [0.25, 0.3) is 0 Å². The number of amides is 2. The van der Waals surface area contributed by atoms with Gasteiger partial charge in [0, 0.05) is 37.4 Å². The summed E-state index contributed by atoms with van der Waals surface area (Å²) in [4.78, 5) is 38.6. The molecular weight excluding hydrogens is 356 g/mol. The van der Waals surface area contributed by atoms with E-state index >= 15 is 0 Å². The summed E-state index contributed by atoms with van der Waals surface area (Å²) in [5.41, 5.74) is 0.945. The predicted octanol–water partition coefficient (Wildman–Crippen LogP) is 2.35. The molecule has 28 heavy (non-hydrogen) atoms. The van der Waals surface area contributed by atoms with Gasteiger partial charge in [0.1, 0.15) is 11.5 Å². The number of hydrogen-bond donors (Lipinski definition) is 1. The third-order valence-corrected chi connectivity index (χ3v) is 5.98. The molecule has 2 aliphatic rings. The lowest BCUT2D eigenvalue weighted by atomic mass is 9.81. The van der Waals surface area contributed by atoms with Crippen molar-refractivity contribution in [1.82, 2.24) is 10.2 Å². The van der Waals surface area contributed by atoms with Crippen LogP contribution in [0.4, 0.5) is 0 Å². The molecule has 0 bridgehead atoms. The zero-order valence-corrected chi connectivity index (χ0v) is 16.8. The molecule has 1 aromatic rings. The molecule has 2 fully saturated rings. The smallest absolute Gasteiger partial charge is 0.226 e. The van der Waals surface area contributed by atoms with Crippen molar-refractivity contribution >= 4 is 17.6 Å². The van der Waals surface area contributed by atoms with E-state index in [1.165, 1.54) is 0 Å². The van der Waals surface area contributed by atoms with Gasteiger partial charge < -0.3 is 15.0 Å². The topological polar surface area (TPSA) is 75.7 Å². The minimum absolute atomic E-state index is 0.0134. The number of nitrogens with zero attached hydrogens (tertiary/aromatic N) is 1. The fraction of sp³-hybridized carbons (Fsp3) is 0.591. The first-order valence-electron chi connectivity index (χ1n) is 10.2. The fourth-order valence-corrected chi connectivity index (χ4v) is 4.14. The second kappa shape index (κ2) is 9.22. The monoisotopic (exact) mass is 386 g/mol. The molecule has 152 valence electrons. The molecule has 1 aliphatic carbocycles. The van der Waals surface area contributed by atoms with Gasteiger partial charge in [0.15, 0.2) is 0 Å². The van der Waals surface area contributed by atoms with Crippen LogP contribution in [0.3, 0.4) is 0 Å². The summed E-state index contributed by atoms with van der Waals surface area (Å²) in [6, 6.07) is 7.69. The number of piperidine rings is 1. The van der Waals surface area contributed by atoms with Gasteiger partial charge in [-0.05, 0) is 43.4 Å². The zero-order chi connectivity index (χ0) is 20.1. The van der Waals surface area contributed by atoms with Crippen molar-refractivity contribution in [3.8, 4) is 5.75 Å². The highest BCUT2D eigenvalue weighted by Gasteiger charge is 2.32. The van der Waals surface area contributed by atoms with Crippen LogP contribution in [0.25, 0.3) is 0 Å². The summed E-state index contributed by atoms with van der Waals surface area (Å²) < 4.78 is 5.21. The Hall–Kier alpha value is -2.37. The lowest BCUT2D eigenvalue weighted by Crippen LogP contribution is -2.48. The number of ketones is 1. The summed E-state index contributed by atoms with van der Waals surface area (Å²) in [5, 5.41) is 3.14.